The summed E-state index contributed by atoms with van der Waals surface area (Å²) >= 11 is 1.46. The van der Waals surface area contributed by atoms with Gasteiger partial charge in [-0.2, -0.15) is 5.10 Å². The molecule has 1 aliphatic heterocycles. The SMILES string of the molecule is CCC1CCN(C(=O)c2sc3c(c(C)nn3C)c2N)CC1. The van der Waals surface area contributed by atoms with E-state index in [9.17, 15) is 4.79 Å². The van der Waals surface area contributed by atoms with Crippen molar-refractivity contribution in [3.63, 3.8) is 0 Å². The van der Waals surface area contributed by atoms with Crippen LogP contribution in [0, 0.1) is 12.8 Å². The largest absolute Gasteiger partial charge is 0.397 e. The van der Waals surface area contributed by atoms with Crippen LogP contribution in [0.4, 0.5) is 5.69 Å². The average Bonchev–Trinajstić information content (AvgIpc) is 2.97. The van der Waals surface area contributed by atoms with E-state index in [1.165, 1.54) is 17.8 Å². The molecule has 0 aliphatic carbocycles. The van der Waals surface area contributed by atoms with Crippen LogP contribution in [-0.2, 0) is 7.05 Å². The summed E-state index contributed by atoms with van der Waals surface area (Å²) in [6.45, 7) is 5.86. The van der Waals surface area contributed by atoms with Crippen molar-refractivity contribution in [2.24, 2.45) is 13.0 Å². The molecule has 1 aliphatic rings. The predicted molar refractivity (Wildman–Crippen MR) is 86.7 cm³/mol. The lowest BCUT2D eigenvalue weighted by molar-refractivity contribution is 0.0695. The van der Waals surface area contributed by atoms with E-state index in [0.29, 0.717) is 10.6 Å². The zero-order valence-electron chi connectivity index (χ0n) is 12.8. The van der Waals surface area contributed by atoms with Gasteiger partial charge >= 0.3 is 0 Å². The molecule has 0 atom stereocenters. The summed E-state index contributed by atoms with van der Waals surface area (Å²) in [6.07, 6.45) is 3.42. The maximum atomic E-state index is 12.7. The number of carbonyl (C=O) groups is 1. The van der Waals surface area contributed by atoms with Gasteiger partial charge in [0.1, 0.15) is 9.71 Å². The fourth-order valence-corrected chi connectivity index (χ4v) is 4.33. The summed E-state index contributed by atoms with van der Waals surface area (Å²) < 4.78 is 1.81. The molecule has 0 radical (unpaired) electrons. The van der Waals surface area contributed by atoms with Gasteiger partial charge in [0.2, 0.25) is 0 Å². The molecule has 2 aromatic rings. The number of fused-ring (bicyclic) bond motifs is 1. The number of amides is 1. The number of nitrogens with zero attached hydrogens (tertiary/aromatic N) is 3. The van der Waals surface area contributed by atoms with Crippen LogP contribution in [0.5, 0.6) is 0 Å². The summed E-state index contributed by atoms with van der Waals surface area (Å²) in [7, 11) is 1.90. The van der Waals surface area contributed by atoms with Gasteiger partial charge in [-0.1, -0.05) is 13.3 Å². The number of piperidine rings is 1. The van der Waals surface area contributed by atoms with E-state index in [0.717, 1.165) is 47.8 Å². The van der Waals surface area contributed by atoms with Crippen molar-refractivity contribution in [2.45, 2.75) is 33.1 Å². The third kappa shape index (κ3) is 2.31. The van der Waals surface area contributed by atoms with Crippen molar-refractivity contribution in [3.8, 4) is 0 Å². The number of rotatable bonds is 2. The molecule has 114 valence electrons. The molecule has 0 saturated carbocycles. The van der Waals surface area contributed by atoms with E-state index in [1.807, 2.05) is 23.6 Å². The smallest absolute Gasteiger partial charge is 0.266 e. The number of likely N-dealkylation sites (tertiary alicyclic amines) is 1. The lowest BCUT2D eigenvalue weighted by Crippen LogP contribution is -2.38. The van der Waals surface area contributed by atoms with Gasteiger partial charge in [0.05, 0.1) is 16.8 Å². The first kappa shape index (κ1) is 14.4. The zero-order chi connectivity index (χ0) is 15.1. The maximum Gasteiger partial charge on any atom is 0.266 e. The highest BCUT2D eigenvalue weighted by molar-refractivity contribution is 7.21. The van der Waals surface area contributed by atoms with Crippen molar-refractivity contribution in [3.05, 3.63) is 10.6 Å². The van der Waals surface area contributed by atoms with E-state index in [-0.39, 0.29) is 5.91 Å². The van der Waals surface area contributed by atoms with Gasteiger partial charge in [0, 0.05) is 20.1 Å². The molecule has 1 fully saturated rings. The van der Waals surface area contributed by atoms with Crippen molar-refractivity contribution < 1.29 is 4.79 Å². The zero-order valence-corrected chi connectivity index (χ0v) is 13.7. The van der Waals surface area contributed by atoms with E-state index >= 15 is 0 Å². The van der Waals surface area contributed by atoms with Gasteiger partial charge in [-0.05, 0) is 25.7 Å². The van der Waals surface area contributed by atoms with E-state index in [4.69, 9.17) is 5.73 Å². The number of nitrogens with two attached hydrogens (primary N) is 1. The highest BCUT2D eigenvalue weighted by atomic mass is 32.1. The van der Waals surface area contributed by atoms with Crippen molar-refractivity contribution in [1.29, 1.82) is 0 Å². The Labute approximate surface area is 128 Å². The monoisotopic (exact) mass is 306 g/mol. The molecule has 0 bridgehead atoms. The quantitative estimate of drug-likeness (QED) is 0.928. The standard InChI is InChI=1S/C15H22N4OS/c1-4-10-5-7-19(8-6-10)14(20)13-12(16)11-9(2)17-18(3)15(11)21-13/h10H,4-8,16H2,1-3H3. The average molecular weight is 306 g/mol. The van der Waals surface area contributed by atoms with E-state index in [2.05, 4.69) is 12.0 Å². The van der Waals surface area contributed by atoms with Crippen LogP contribution in [0.15, 0.2) is 0 Å². The third-order valence-electron chi connectivity index (χ3n) is 4.56. The van der Waals surface area contributed by atoms with Gasteiger partial charge in [-0.15, -0.1) is 11.3 Å². The van der Waals surface area contributed by atoms with Gasteiger partial charge in [-0.3, -0.25) is 9.48 Å². The number of carbonyl (C=O) groups excluding carboxylic acids is 1. The molecule has 0 aromatic carbocycles. The van der Waals surface area contributed by atoms with Gasteiger partial charge in [0.15, 0.2) is 0 Å². The van der Waals surface area contributed by atoms with Crippen molar-refractivity contribution >= 4 is 33.1 Å². The molecular weight excluding hydrogens is 284 g/mol. The highest BCUT2D eigenvalue weighted by Gasteiger charge is 2.27. The molecule has 1 saturated heterocycles. The van der Waals surface area contributed by atoms with Crippen LogP contribution < -0.4 is 5.73 Å². The number of hydrogen-bond acceptors (Lipinski definition) is 4. The molecule has 2 aromatic heterocycles. The van der Waals surface area contributed by atoms with Crippen molar-refractivity contribution in [2.75, 3.05) is 18.8 Å². The van der Waals surface area contributed by atoms with Gasteiger partial charge in [-0.25, -0.2) is 0 Å². The summed E-state index contributed by atoms with van der Waals surface area (Å²) in [6, 6.07) is 0. The second kappa shape index (κ2) is 5.33. The first-order chi connectivity index (χ1) is 10.0. The van der Waals surface area contributed by atoms with Crippen LogP contribution in [0.1, 0.15) is 41.6 Å². The number of thiophene rings is 1. The third-order valence-corrected chi connectivity index (χ3v) is 5.82. The number of anilines is 1. The van der Waals surface area contributed by atoms with E-state index in [1.54, 1.807) is 0 Å². The molecule has 3 heterocycles. The minimum Gasteiger partial charge on any atom is -0.397 e. The summed E-state index contributed by atoms with van der Waals surface area (Å²) in [5.41, 5.74) is 7.72. The predicted octanol–water partition coefficient (Wildman–Crippen LogP) is 2.79. The number of nitrogen functional groups attached to an aromatic ring is 1. The van der Waals surface area contributed by atoms with Gasteiger partial charge in [0.25, 0.3) is 5.91 Å². The fraction of sp³-hybridized carbons (Fsp3) is 0.600. The van der Waals surface area contributed by atoms with Crippen LogP contribution in [0.3, 0.4) is 0 Å². The summed E-state index contributed by atoms with van der Waals surface area (Å²) in [5.74, 6) is 0.850. The first-order valence-corrected chi connectivity index (χ1v) is 8.35. The molecule has 5 nitrogen and oxygen atoms in total. The maximum absolute atomic E-state index is 12.7. The number of aromatic nitrogens is 2. The van der Waals surface area contributed by atoms with E-state index < -0.39 is 0 Å². The normalized spacial score (nSPS) is 16.8. The molecule has 3 rings (SSSR count). The lowest BCUT2D eigenvalue weighted by atomic mass is 9.94. The Bertz CT molecular complexity index is 679. The summed E-state index contributed by atoms with van der Waals surface area (Å²) in [4.78, 5) is 16.3. The lowest BCUT2D eigenvalue weighted by Gasteiger charge is -2.31. The second-order valence-corrected chi connectivity index (χ2v) is 6.88. The first-order valence-electron chi connectivity index (χ1n) is 7.53. The fourth-order valence-electron chi connectivity index (χ4n) is 3.18. The molecular formula is C15H22N4OS. The number of aryl methyl sites for hydroxylation is 2. The molecule has 6 heteroatoms. The second-order valence-electron chi connectivity index (χ2n) is 5.88. The Kier molecular flexibility index (Phi) is 3.65. The molecule has 0 spiro atoms. The van der Waals surface area contributed by atoms with Crippen LogP contribution in [0.2, 0.25) is 0 Å². The molecule has 0 unspecified atom stereocenters. The van der Waals surface area contributed by atoms with Crippen LogP contribution in [0.25, 0.3) is 10.2 Å². The molecule has 1 amide bonds. The minimum atomic E-state index is 0.0858. The Hall–Kier alpha value is -1.56. The highest BCUT2D eigenvalue weighted by Crippen LogP contribution is 2.36. The summed E-state index contributed by atoms with van der Waals surface area (Å²) in [5, 5.41) is 5.31. The Morgan fingerprint density at radius 1 is 1.43 bits per heavy atom. The Morgan fingerprint density at radius 3 is 2.67 bits per heavy atom. The van der Waals surface area contributed by atoms with Crippen LogP contribution in [-0.4, -0.2) is 33.7 Å². The van der Waals surface area contributed by atoms with Crippen LogP contribution >= 0.6 is 11.3 Å². The Balaban J connectivity index is 1.89. The number of hydrogen-bond donors (Lipinski definition) is 1. The van der Waals surface area contributed by atoms with Gasteiger partial charge < -0.3 is 10.6 Å². The Morgan fingerprint density at radius 2 is 2.10 bits per heavy atom. The topological polar surface area (TPSA) is 64.2 Å². The molecule has 2 N–H and O–H groups in total. The minimum absolute atomic E-state index is 0.0858. The van der Waals surface area contributed by atoms with Crippen molar-refractivity contribution in [1.82, 2.24) is 14.7 Å². The molecule has 21 heavy (non-hydrogen) atoms.